The smallest absolute Gasteiger partial charge is 0.240 e. The molecule has 0 amide bonds. The maximum atomic E-state index is 13.2. The normalized spacial score (nSPS) is 11.0. The van der Waals surface area contributed by atoms with Gasteiger partial charge in [-0.1, -0.05) is 0 Å². The van der Waals surface area contributed by atoms with Crippen LogP contribution in [-0.4, -0.2) is 14.6 Å². The second-order valence-electron chi connectivity index (χ2n) is 3.82. The van der Waals surface area contributed by atoms with Gasteiger partial charge in [-0.2, -0.15) is 4.98 Å². The lowest BCUT2D eigenvalue weighted by Crippen LogP contribution is -1.91. The molecule has 0 aliphatic rings. The van der Waals surface area contributed by atoms with Crippen molar-refractivity contribution < 1.29 is 8.78 Å². The summed E-state index contributed by atoms with van der Waals surface area (Å²) in [5.41, 5.74) is 6.93. The van der Waals surface area contributed by atoms with Crippen molar-refractivity contribution in [1.29, 1.82) is 0 Å². The fourth-order valence-electron chi connectivity index (χ4n) is 1.86. The zero-order valence-electron chi connectivity index (χ0n) is 9.14. The number of benzene rings is 1. The third kappa shape index (κ3) is 1.67. The molecule has 0 radical (unpaired) electrons. The SMILES string of the molecule is Nc1nc2c(-c3cc(F)cc(F)c3)cccn2n1. The Morgan fingerprint density at radius 3 is 2.56 bits per heavy atom. The van der Waals surface area contributed by atoms with Crippen molar-refractivity contribution >= 4 is 11.6 Å². The highest BCUT2D eigenvalue weighted by Crippen LogP contribution is 2.25. The molecule has 0 saturated carbocycles. The molecule has 0 aliphatic heterocycles. The molecule has 2 aromatic heterocycles. The molecule has 2 N–H and O–H groups in total. The molecule has 4 nitrogen and oxygen atoms in total. The third-order valence-corrected chi connectivity index (χ3v) is 2.55. The van der Waals surface area contributed by atoms with Crippen LogP contribution in [0.15, 0.2) is 36.5 Å². The number of aromatic nitrogens is 3. The zero-order valence-corrected chi connectivity index (χ0v) is 9.14. The summed E-state index contributed by atoms with van der Waals surface area (Å²) < 4.78 is 27.9. The predicted octanol–water partition coefficient (Wildman–Crippen LogP) is 2.26. The van der Waals surface area contributed by atoms with E-state index in [-0.39, 0.29) is 5.95 Å². The number of halogens is 2. The van der Waals surface area contributed by atoms with Gasteiger partial charge in [-0.3, -0.25) is 0 Å². The molecule has 90 valence electrons. The summed E-state index contributed by atoms with van der Waals surface area (Å²) in [6, 6.07) is 6.71. The maximum absolute atomic E-state index is 13.2. The van der Waals surface area contributed by atoms with Crippen LogP contribution in [0.1, 0.15) is 0 Å². The molecule has 2 heterocycles. The fourth-order valence-corrected chi connectivity index (χ4v) is 1.86. The van der Waals surface area contributed by atoms with E-state index in [1.54, 1.807) is 18.3 Å². The van der Waals surface area contributed by atoms with Crippen LogP contribution < -0.4 is 5.73 Å². The Morgan fingerprint density at radius 1 is 1.11 bits per heavy atom. The number of rotatable bonds is 1. The molecule has 0 aliphatic carbocycles. The van der Waals surface area contributed by atoms with Gasteiger partial charge in [0.15, 0.2) is 5.65 Å². The number of hydrogen-bond acceptors (Lipinski definition) is 3. The van der Waals surface area contributed by atoms with Gasteiger partial charge in [0.05, 0.1) is 0 Å². The van der Waals surface area contributed by atoms with Gasteiger partial charge in [0.25, 0.3) is 0 Å². The van der Waals surface area contributed by atoms with E-state index >= 15 is 0 Å². The summed E-state index contributed by atoms with van der Waals surface area (Å²) in [6.07, 6.45) is 1.66. The first-order chi connectivity index (χ1) is 8.63. The van der Waals surface area contributed by atoms with Crippen molar-refractivity contribution in [2.45, 2.75) is 0 Å². The van der Waals surface area contributed by atoms with E-state index < -0.39 is 11.6 Å². The third-order valence-electron chi connectivity index (χ3n) is 2.55. The number of fused-ring (bicyclic) bond motifs is 1. The van der Waals surface area contributed by atoms with E-state index in [0.717, 1.165) is 6.07 Å². The summed E-state index contributed by atoms with van der Waals surface area (Å²) in [5, 5.41) is 3.94. The molecule has 0 spiro atoms. The Kier molecular flexibility index (Phi) is 2.22. The van der Waals surface area contributed by atoms with E-state index in [4.69, 9.17) is 5.73 Å². The van der Waals surface area contributed by atoms with E-state index in [1.807, 2.05) is 0 Å². The lowest BCUT2D eigenvalue weighted by molar-refractivity contribution is 0.584. The molecule has 1 aromatic carbocycles. The first-order valence-corrected chi connectivity index (χ1v) is 5.21. The molecule has 3 rings (SSSR count). The van der Waals surface area contributed by atoms with E-state index in [9.17, 15) is 8.78 Å². The monoisotopic (exact) mass is 246 g/mol. The summed E-state index contributed by atoms with van der Waals surface area (Å²) in [5.74, 6) is -1.17. The van der Waals surface area contributed by atoms with Crippen molar-refractivity contribution in [1.82, 2.24) is 14.6 Å². The van der Waals surface area contributed by atoms with Gasteiger partial charge in [0, 0.05) is 17.8 Å². The van der Waals surface area contributed by atoms with Gasteiger partial charge in [-0.15, -0.1) is 5.10 Å². The highest BCUT2D eigenvalue weighted by molar-refractivity contribution is 5.77. The lowest BCUT2D eigenvalue weighted by Gasteiger charge is -2.03. The fraction of sp³-hybridized carbons (Fsp3) is 0. The van der Waals surface area contributed by atoms with Gasteiger partial charge < -0.3 is 5.73 Å². The van der Waals surface area contributed by atoms with Crippen LogP contribution in [0, 0.1) is 11.6 Å². The number of anilines is 1. The number of pyridine rings is 1. The molecule has 18 heavy (non-hydrogen) atoms. The minimum atomic E-state index is -0.639. The maximum Gasteiger partial charge on any atom is 0.240 e. The van der Waals surface area contributed by atoms with Gasteiger partial charge in [-0.05, 0) is 29.8 Å². The summed E-state index contributed by atoms with van der Waals surface area (Å²) in [7, 11) is 0. The molecular weight excluding hydrogens is 238 g/mol. The standard InChI is InChI=1S/C12H8F2N4/c13-8-4-7(5-9(14)6-8)10-2-1-3-18-11(10)16-12(15)17-18/h1-6H,(H2,15,17). The van der Waals surface area contributed by atoms with Gasteiger partial charge >= 0.3 is 0 Å². The second kappa shape index (κ2) is 3.76. The molecule has 0 unspecified atom stereocenters. The minimum absolute atomic E-state index is 0.110. The Hall–Kier alpha value is -2.50. The lowest BCUT2D eigenvalue weighted by atomic mass is 10.1. The summed E-state index contributed by atoms with van der Waals surface area (Å²) in [4.78, 5) is 4.03. The van der Waals surface area contributed by atoms with E-state index in [2.05, 4.69) is 10.1 Å². The Labute approximate surface area is 101 Å². The van der Waals surface area contributed by atoms with Crippen LogP contribution in [0.4, 0.5) is 14.7 Å². The zero-order chi connectivity index (χ0) is 12.7. The highest BCUT2D eigenvalue weighted by Gasteiger charge is 2.10. The van der Waals surface area contributed by atoms with Crippen LogP contribution in [0.25, 0.3) is 16.8 Å². The molecule has 0 atom stereocenters. The Bertz CT molecular complexity index is 716. The molecule has 6 heteroatoms. The van der Waals surface area contributed by atoms with Crippen LogP contribution >= 0.6 is 0 Å². The van der Waals surface area contributed by atoms with Gasteiger partial charge in [0.1, 0.15) is 11.6 Å². The summed E-state index contributed by atoms with van der Waals surface area (Å²) >= 11 is 0. The number of hydrogen-bond donors (Lipinski definition) is 1. The Balaban J connectivity index is 2.30. The van der Waals surface area contributed by atoms with Gasteiger partial charge in [-0.25, -0.2) is 13.3 Å². The largest absolute Gasteiger partial charge is 0.366 e. The van der Waals surface area contributed by atoms with Crippen LogP contribution in [0.2, 0.25) is 0 Å². The van der Waals surface area contributed by atoms with E-state index in [0.29, 0.717) is 16.8 Å². The molecule has 0 saturated heterocycles. The number of nitrogen functional groups attached to an aromatic ring is 1. The van der Waals surface area contributed by atoms with Crippen molar-refractivity contribution in [2.24, 2.45) is 0 Å². The topological polar surface area (TPSA) is 56.2 Å². The second-order valence-corrected chi connectivity index (χ2v) is 3.82. The summed E-state index contributed by atoms with van der Waals surface area (Å²) in [6.45, 7) is 0. The quantitative estimate of drug-likeness (QED) is 0.716. The van der Waals surface area contributed by atoms with Crippen LogP contribution in [0.5, 0.6) is 0 Å². The minimum Gasteiger partial charge on any atom is -0.366 e. The number of nitrogens with zero attached hydrogens (tertiary/aromatic N) is 3. The molecule has 0 fully saturated rings. The molecule has 0 bridgehead atoms. The van der Waals surface area contributed by atoms with Crippen LogP contribution in [0.3, 0.4) is 0 Å². The van der Waals surface area contributed by atoms with Crippen molar-refractivity contribution in [3.63, 3.8) is 0 Å². The number of nitrogens with two attached hydrogens (primary N) is 1. The molecular formula is C12H8F2N4. The predicted molar refractivity (Wildman–Crippen MR) is 62.8 cm³/mol. The van der Waals surface area contributed by atoms with Crippen LogP contribution in [-0.2, 0) is 0 Å². The molecule has 3 aromatic rings. The van der Waals surface area contributed by atoms with Gasteiger partial charge in [0.2, 0.25) is 5.95 Å². The highest BCUT2D eigenvalue weighted by atomic mass is 19.1. The Morgan fingerprint density at radius 2 is 1.83 bits per heavy atom. The van der Waals surface area contributed by atoms with Crippen molar-refractivity contribution in [3.05, 3.63) is 48.2 Å². The van der Waals surface area contributed by atoms with E-state index in [1.165, 1.54) is 16.6 Å². The van der Waals surface area contributed by atoms with Crippen molar-refractivity contribution in [3.8, 4) is 11.1 Å². The average molecular weight is 246 g/mol. The first-order valence-electron chi connectivity index (χ1n) is 5.21. The first kappa shape index (κ1) is 10.6. The average Bonchev–Trinajstić information content (AvgIpc) is 2.67. The van der Waals surface area contributed by atoms with Crippen molar-refractivity contribution in [2.75, 3.05) is 5.73 Å².